The van der Waals surface area contributed by atoms with Crippen molar-refractivity contribution in [1.82, 2.24) is 4.90 Å². The van der Waals surface area contributed by atoms with Crippen LogP contribution in [0.3, 0.4) is 0 Å². The molecule has 0 spiro atoms. The number of carbonyl (C=O) groups is 1. The lowest BCUT2D eigenvalue weighted by Crippen LogP contribution is -2.32. The van der Waals surface area contributed by atoms with Crippen LogP contribution in [0, 0.1) is 6.92 Å². The van der Waals surface area contributed by atoms with E-state index < -0.39 is 0 Å². The average molecular weight is 353 g/mol. The number of methoxy groups -OCH3 is 1. The molecule has 0 saturated heterocycles. The van der Waals surface area contributed by atoms with Crippen molar-refractivity contribution in [2.24, 2.45) is 0 Å². The van der Waals surface area contributed by atoms with Gasteiger partial charge < -0.3 is 10.1 Å². The number of anilines is 1. The van der Waals surface area contributed by atoms with E-state index >= 15 is 0 Å². The maximum Gasteiger partial charge on any atom is 0.238 e. The smallest absolute Gasteiger partial charge is 0.238 e. The van der Waals surface area contributed by atoms with Crippen LogP contribution in [-0.4, -0.2) is 31.0 Å². The van der Waals surface area contributed by atoms with Crippen LogP contribution in [0.15, 0.2) is 29.6 Å². The second-order valence-electron chi connectivity index (χ2n) is 5.23. The Morgan fingerprint density at radius 3 is 2.83 bits per heavy atom. The van der Waals surface area contributed by atoms with Crippen molar-refractivity contribution in [3.05, 3.63) is 45.1 Å². The molecule has 124 valence electrons. The fourth-order valence-corrected chi connectivity index (χ4v) is 3.12. The number of aryl methyl sites for hydroxylation is 1. The average Bonchev–Trinajstić information content (AvgIpc) is 3.02. The predicted octanol–water partition coefficient (Wildman–Crippen LogP) is 4.18. The first-order chi connectivity index (χ1) is 11.0. The zero-order valence-electron chi connectivity index (χ0n) is 13.6. The van der Waals surface area contributed by atoms with Gasteiger partial charge in [0, 0.05) is 22.5 Å². The molecule has 1 N–H and O–H groups in total. The predicted molar refractivity (Wildman–Crippen MR) is 96.6 cm³/mol. The first kappa shape index (κ1) is 17.8. The van der Waals surface area contributed by atoms with E-state index in [1.54, 1.807) is 24.5 Å². The Labute approximate surface area is 146 Å². The molecule has 1 amide bonds. The molecule has 0 bridgehead atoms. The summed E-state index contributed by atoms with van der Waals surface area (Å²) in [5, 5.41) is 5.58. The fraction of sp³-hybridized carbons (Fsp3) is 0.353. The summed E-state index contributed by atoms with van der Waals surface area (Å²) in [4.78, 5) is 15.7. The van der Waals surface area contributed by atoms with Crippen LogP contribution in [0.2, 0.25) is 5.02 Å². The topological polar surface area (TPSA) is 41.6 Å². The molecule has 2 aromatic rings. The minimum Gasteiger partial charge on any atom is -0.495 e. The normalized spacial score (nSPS) is 10.8. The molecule has 0 aliphatic carbocycles. The number of nitrogens with one attached hydrogen (secondary N) is 1. The van der Waals surface area contributed by atoms with Crippen LogP contribution in [0.25, 0.3) is 0 Å². The van der Waals surface area contributed by atoms with Gasteiger partial charge in [-0.25, -0.2) is 0 Å². The van der Waals surface area contributed by atoms with E-state index in [1.165, 1.54) is 4.88 Å². The largest absolute Gasteiger partial charge is 0.495 e. The summed E-state index contributed by atoms with van der Waals surface area (Å²) in [5.41, 5.74) is 1.54. The fourth-order valence-electron chi connectivity index (χ4n) is 2.23. The van der Waals surface area contributed by atoms with E-state index in [0.717, 1.165) is 18.7 Å². The third-order valence-electron chi connectivity index (χ3n) is 3.53. The zero-order valence-corrected chi connectivity index (χ0v) is 15.1. The van der Waals surface area contributed by atoms with Crippen LogP contribution in [-0.2, 0) is 11.3 Å². The first-order valence-corrected chi connectivity index (χ1v) is 8.68. The minimum atomic E-state index is -0.0663. The van der Waals surface area contributed by atoms with Crippen LogP contribution in [0.4, 0.5) is 5.69 Å². The van der Waals surface area contributed by atoms with Gasteiger partial charge in [0.1, 0.15) is 5.75 Å². The van der Waals surface area contributed by atoms with Crippen LogP contribution < -0.4 is 10.1 Å². The molecule has 0 saturated carbocycles. The number of nitrogens with zero attached hydrogens (tertiary/aromatic N) is 1. The Morgan fingerprint density at radius 2 is 2.22 bits per heavy atom. The minimum absolute atomic E-state index is 0.0663. The second-order valence-corrected chi connectivity index (χ2v) is 6.67. The van der Waals surface area contributed by atoms with Gasteiger partial charge in [-0.1, -0.05) is 24.6 Å². The molecule has 0 atom stereocenters. The molecule has 0 unspecified atom stereocenters. The molecular weight excluding hydrogens is 332 g/mol. The van der Waals surface area contributed by atoms with E-state index in [2.05, 4.69) is 16.3 Å². The first-order valence-electron chi connectivity index (χ1n) is 7.42. The summed E-state index contributed by atoms with van der Waals surface area (Å²) in [6, 6.07) is 7.65. The molecule has 4 nitrogen and oxygen atoms in total. The number of hydrogen-bond donors (Lipinski definition) is 1. The van der Waals surface area contributed by atoms with Gasteiger partial charge >= 0.3 is 0 Å². The molecule has 0 aliphatic heterocycles. The standard InChI is InChI=1S/C17H21ClN2O2S/c1-4-20(10-13-6-5-7-23-13)11-17(21)19-15-8-12(2)14(18)9-16(15)22-3/h5-9H,4,10-11H2,1-3H3,(H,19,21). The van der Waals surface area contributed by atoms with Crippen molar-refractivity contribution in [2.45, 2.75) is 20.4 Å². The molecule has 1 aromatic carbocycles. The number of benzene rings is 1. The summed E-state index contributed by atoms with van der Waals surface area (Å²) >= 11 is 7.79. The third kappa shape index (κ3) is 4.96. The van der Waals surface area contributed by atoms with E-state index in [1.807, 2.05) is 31.4 Å². The van der Waals surface area contributed by atoms with E-state index in [4.69, 9.17) is 16.3 Å². The maximum atomic E-state index is 12.3. The lowest BCUT2D eigenvalue weighted by molar-refractivity contribution is -0.117. The van der Waals surface area contributed by atoms with Crippen molar-refractivity contribution in [1.29, 1.82) is 0 Å². The maximum absolute atomic E-state index is 12.3. The number of rotatable bonds is 7. The van der Waals surface area contributed by atoms with Crippen LogP contribution in [0.1, 0.15) is 17.4 Å². The van der Waals surface area contributed by atoms with Gasteiger partial charge in [0.15, 0.2) is 0 Å². The summed E-state index contributed by atoms with van der Waals surface area (Å²) in [6.45, 7) is 5.86. The number of amides is 1. The van der Waals surface area contributed by atoms with E-state index in [-0.39, 0.29) is 5.91 Å². The molecular formula is C17H21ClN2O2S. The van der Waals surface area contributed by atoms with Crippen molar-refractivity contribution in [2.75, 3.05) is 25.5 Å². The quantitative estimate of drug-likeness (QED) is 0.812. The van der Waals surface area contributed by atoms with Gasteiger partial charge in [0.05, 0.1) is 19.3 Å². The Morgan fingerprint density at radius 1 is 1.43 bits per heavy atom. The Bertz CT molecular complexity index is 659. The summed E-state index contributed by atoms with van der Waals surface area (Å²) in [5.74, 6) is 0.499. The van der Waals surface area contributed by atoms with Crippen molar-refractivity contribution in [3.8, 4) is 5.75 Å². The number of hydrogen-bond acceptors (Lipinski definition) is 4. The highest BCUT2D eigenvalue weighted by atomic mass is 35.5. The Balaban J connectivity index is 2.02. The third-order valence-corrected chi connectivity index (χ3v) is 4.80. The zero-order chi connectivity index (χ0) is 16.8. The summed E-state index contributed by atoms with van der Waals surface area (Å²) < 4.78 is 5.29. The summed E-state index contributed by atoms with van der Waals surface area (Å²) in [7, 11) is 1.56. The van der Waals surface area contributed by atoms with Crippen LogP contribution in [0.5, 0.6) is 5.75 Å². The number of ether oxygens (including phenoxy) is 1. The van der Waals surface area contributed by atoms with Crippen molar-refractivity contribution >= 4 is 34.5 Å². The molecule has 0 aliphatic rings. The monoisotopic (exact) mass is 352 g/mol. The van der Waals surface area contributed by atoms with Gasteiger partial charge in [-0.3, -0.25) is 9.69 Å². The van der Waals surface area contributed by atoms with Crippen molar-refractivity contribution in [3.63, 3.8) is 0 Å². The SMILES string of the molecule is CCN(CC(=O)Nc1cc(C)c(Cl)cc1OC)Cc1cccs1. The molecule has 23 heavy (non-hydrogen) atoms. The van der Waals surface area contributed by atoms with Gasteiger partial charge in [-0.05, 0) is 36.5 Å². The Hall–Kier alpha value is -1.56. The molecule has 0 fully saturated rings. The van der Waals surface area contributed by atoms with Gasteiger partial charge in [0.2, 0.25) is 5.91 Å². The van der Waals surface area contributed by atoms with Gasteiger partial charge in [0.25, 0.3) is 0 Å². The molecule has 6 heteroatoms. The number of halogens is 1. The van der Waals surface area contributed by atoms with Crippen molar-refractivity contribution < 1.29 is 9.53 Å². The summed E-state index contributed by atoms with van der Waals surface area (Å²) in [6.07, 6.45) is 0. The lowest BCUT2D eigenvalue weighted by Gasteiger charge is -2.19. The molecule has 1 heterocycles. The highest BCUT2D eigenvalue weighted by Gasteiger charge is 2.14. The highest BCUT2D eigenvalue weighted by Crippen LogP contribution is 2.30. The molecule has 0 radical (unpaired) electrons. The van der Waals surface area contributed by atoms with E-state index in [9.17, 15) is 4.79 Å². The number of likely N-dealkylation sites (N-methyl/N-ethyl adjacent to an activating group) is 1. The second kappa shape index (κ2) is 8.34. The highest BCUT2D eigenvalue weighted by molar-refractivity contribution is 7.09. The van der Waals surface area contributed by atoms with Gasteiger partial charge in [-0.2, -0.15) is 0 Å². The van der Waals surface area contributed by atoms with Crippen LogP contribution >= 0.6 is 22.9 Å². The molecule has 1 aromatic heterocycles. The van der Waals surface area contributed by atoms with E-state index in [0.29, 0.717) is 23.0 Å². The number of carbonyl (C=O) groups excluding carboxylic acids is 1. The molecule has 2 rings (SSSR count). The number of thiophene rings is 1. The van der Waals surface area contributed by atoms with Gasteiger partial charge in [-0.15, -0.1) is 11.3 Å². The Kier molecular flexibility index (Phi) is 6.45. The lowest BCUT2D eigenvalue weighted by atomic mass is 10.2.